The van der Waals surface area contributed by atoms with E-state index >= 15 is 0 Å². The standard InChI is InChI=1S/C13H20FNO3/c1-7-10(9(16)6-15-3)13(18-5)12(17-4)8(2)11(7)14/h9,15-16H,6H2,1-5H3. The topological polar surface area (TPSA) is 50.7 Å². The number of ether oxygens (including phenoxy) is 2. The molecule has 0 fully saturated rings. The fraction of sp³-hybridized carbons (Fsp3) is 0.538. The van der Waals surface area contributed by atoms with Crippen LogP contribution in [-0.4, -0.2) is 32.9 Å². The Kier molecular flexibility index (Phi) is 4.93. The highest BCUT2D eigenvalue weighted by Gasteiger charge is 2.25. The molecule has 0 bridgehead atoms. The maximum absolute atomic E-state index is 14.1. The number of aliphatic hydroxyl groups is 1. The van der Waals surface area contributed by atoms with Gasteiger partial charge in [0, 0.05) is 17.7 Å². The summed E-state index contributed by atoms with van der Waals surface area (Å²) in [5.74, 6) is 0.334. The van der Waals surface area contributed by atoms with E-state index in [1.54, 1.807) is 20.9 Å². The van der Waals surface area contributed by atoms with Gasteiger partial charge in [0.25, 0.3) is 0 Å². The quantitative estimate of drug-likeness (QED) is 0.843. The minimum Gasteiger partial charge on any atom is -0.492 e. The summed E-state index contributed by atoms with van der Waals surface area (Å²) < 4.78 is 24.5. The van der Waals surface area contributed by atoms with E-state index in [0.717, 1.165) is 0 Å². The maximum Gasteiger partial charge on any atom is 0.167 e. The Bertz CT molecular complexity index is 435. The molecule has 0 aliphatic heterocycles. The first-order chi connectivity index (χ1) is 8.49. The van der Waals surface area contributed by atoms with Crippen LogP contribution in [0.2, 0.25) is 0 Å². The second-order valence-electron chi connectivity index (χ2n) is 4.12. The largest absolute Gasteiger partial charge is 0.492 e. The summed E-state index contributed by atoms with van der Waals surface area (Å²) in [6, 6.07) is 0. The predicted molar refractivity (Wildman–Crippen MR) is 67.9 cm³/mol. The molecule has 1 atom stereocenters. The summed E-state index contributed by atoms with van der Waals surface area (Å²) in [7, 11) is 4.64. The van der Waals surface area contributed by atoms with Gasteiger partial charge in [-0.3, -0.25) is 0 Å². The molecule has 1 unspecified atom stereocenters. The minimum absolute atomic E-state index is 0.308. The van der Waals surface area contributed by atoms with Gasteiger partial charge in [-0.2, -0.15) is 0 Å². The van der Waals surface area contributed by atoms with Crippen LogP contribution in [-0.2, 0) is 0 Å². The lowest BCUT2D eigenvalue weighted by Crippen LogP contribution is -2.19. The summed E-state index contributed by atoms with van der Waals surface area (Å²) in [5, 5.41) is 12.9. The zero-order valence-corrected chi connectivity index (χ0v) is 11.4. The van der Waals surface area contributed by atoms with Crippen molar-refractivity contribution < 1.29 is 19.0 Å². The van der Waals surface area contributed by atoms with Crippen LogP contribution >= 0.6 is 0 Å². The summed E-state index contributed by atoms with van der Waals surface area (Å²) in [4.78, 5) is 0. The number of benzene rings is 1. The van der Waals surface area contributed by atoms with Gasteiger partial charge in [0.2, 0.25) is 0 Å². The van der Waals surface area contributed by atoms with Crippen LogP contribution in [0.5, 0.6) is 11.5 Å². The number of rotatable bonds is 5. The molecule has 4 nitrogen and oxygen atoms in total. The molecule has 0 amide bonds. The van der Waals surface area contributed by atoms with Gasteiger partial charge in [-0.1, -0.05) is 0 Å². The van der Waals surface area contributed by atoms with Gasteiger partial charge in [-0.15, -0.1) is 0 Å². The molecule has 0 aliphatic rings. The fourth-order valence-corrected chi connectivity index (χ4v) is 2.11. The number of likely N-dealkylation sites (N-methyl/N-ethyl adjacent to an activating group) is 1. The molecule has 0 aromatic heterocycles. The molecule has 0 aliphatic carbocycles. The highest BCUT2D eigenvalue weighted by atomic mass is 19.1. The van der Waals surface area contributed by atoms with Crippen molar-refractivity contribution in [3.63, 3.8) is 0 Å². The number of hydrogen-bond acceptors (Lipinski definition) is 4. The highest BCUT2D eigenvalue weighted by Crippen LogP contribution is 2.41. The molecule has 0 spiro atoms. The Morgan fingerprint density at radius 1 is 1.17 bits per heavy atom. The lowest BCUT2D eigenvalue weighted by atomic mass is 9.97. The third kappa shape index (κ3) is 2.42. The van der Waals surface area contributed by atoms with Crippen molar-refractivity contribution in [1.82, 2.24) is 5.32 Å². The Morgan fingerprint density at radius 3 is 2.17 bits per heavy atom. The third-order valence-electron chi connectivity index (χ3n) is 2.99. The van der Waals surface area contributed by atoms with Crippen molar-refractivity contribution in [2.75, 3.05) is 27.8 Å². The van der Waals surface area contributed by atoms with Crippen LogP contribution in [0.1, 0.15) is 22.8 Å². The zero-order valence-electron chi connectivity index (χ0n) is 11.4. The van der Waals surface area contributed by atoms with Gasteiger partial charge in [0.1, 0.15) is 5.82 Å². The second-order valence-corrected chi connectivity index (χ2v) is 4.12. The molecule has 2 N–H and O–H groups in total. The van der Waals surface area contributed by atoms with E-state index in [4.69, 9.17) is 9.47 Å². The minimum atomic E-state index is -0.853. The zero-order chi connectivity index (χ0) is 13.9. The van der Waals surface area contributed by atoms with Crippen LogP contribution in [0, 0.1) is 19.7 Å². The van der Waals surface area contributed by atoms with Crippen molar-refractivity contribution in [2.45, 2.75) is 20.0 Å². The number of halogens is 1. The Labute approximate surface area is 107 Å². The molecular weight excluding hydrogens is 237 g/mol. The first kappa shape index (κ1) is 14.7. The smallest absolute Gasteiger partial charge is 0.167 e. The molecule has 0 saturated carbocycles. The van der Waals surface area contributed by atoms with Crippen LogP contribution in [0.15, 0.2) is 0 Å². The molecule has 0 saturated heterocycles. The van der Waals surface area contributed by atoms with Crippen LogP contribution in [0.25, 0.3) is 0 Å². The summed E-state index contributed by atoms with van der Waals surface area (Å²) >= 11 is 0. The lowest BCUT2D eigenvalue weighted by Gasteiger charge is -2.21. The van der Waals surface area contributed by atoms with E-state index in [2.05, 4.69) is 5.32 Å². The monoisotopic (exact) mass is 257 g/mol. The van der Waals surface area contributed by atoms with Gasteiger partial charge in [0.05, 0.1) is 20.3 Å². The normalized spacial score (nSPS) is 12.4. The maximum atomic E-state index is 14.1. The van der Waals surface area contributed by atoms with Crippen molar-refractivity contribution in [3.05, 3.63) is 22.5 Å². The average molecular weight is 257 g/mol. The van der Waals surface area contributed by atoms with E-state index < -0.39 is 6.10 Å². The molecule has 1 aromatic rings. The number of aliphatic hydroxyl groups excluding tert-OH is 1. The van der Waals surface area contributed by atoms with Gasteiger partial charge in [0.15, 0.2) is 11.5 Å². The Hall–Kier alpha value is -1.33. The van der Waals surface area contributed by atoms with Crippen molar-refractivity contribution in [2.24, 2.45) is 0 Å². The van der Waals surface area contributed by atoms with Crippen LogP contribution < -0.4 is 14.8 Å². The summed E-state index contributed by atoms with van der Waals surface area (Å²) in [6.45, 7) is 3.55. The summed E-state index contributed by atoms with van der Waals surface area (Å²) in [6.07, 6.45) is -0.853. The first-order valence-corrected chi connectivity index (χ1v) is 5.72. The first-order valence-electron chi connectivity index (χ1n) is 5.72. The van der Waals surface area contributed by atoms with Crippen LogP contribution in [0.4, 0.5) is 4.39 Å². The SMILES string of the molecule is CNCC(O)c1c(C)c(F)c(C)c(OC)c1OC. The number of methoxy groups -OCH3 is 2. The van der Waals surface area contributed by atoms with E-state index in [9.17, 15) is 9.50 Å². The molecule has 18 heavy (non-hydrogen) atoms. The molecule has 5 heteroatoms. The number of hydrogen-bond donors (Lipinski definition) is 2. The second kappa shape index (κ2) is 6.02. The average Bonchev–Trinajstić information content (AvgIpc) is 2.35. The Morgan fingerprint density at radius 2 is 1.72 bits per heavy atom. The fourth-order valence-electron chi connectivity index (χ4n) is 2.11. The summed E-state index contributed by atoms with van der Waals surface area (Å²) in [5.41, 5.74) is 1.19. The Balaban J connectivity index is 3.52. The molecule has 102 valence electrons. The van der Waals surface area contributed by atoms with E-state index in [0.29, 0.717) is 34.7 Å². The lowest BCUT2D eigenvalue weighted by molar-refractivity contribution is 0.171. The third-order valence-corrected chi connectivity index (χ3v) is 2.99. The van der Waals surface area contributed by atoms with Crippen molar-refractivity contribution in [3.8, 4) is 11.5 Å². The van der Waals surface area contributed by atoms with E-state index in [-0.39, 0.29) is 5.82 Å². The molecular formula is C13H20FNO3. The van der Waals surface area contributed by atoms with E-state index in [1.807, 2.05) is 0 Å². The molecule has 1 rings (SSSR count). The molecule has 1 aromatic carbocycles. The van der Waals surface area contributed by atoms with Crippen molar-refractivity contribution >= 4 is 0 Å². The van der Waals surface area contributed by atoms with Crippen LogP contribution in [0.3, 0.4) is 0 Å². The van der Waals surface area contributed by atoms with E-state index in [1.165, 1.54) is 14.2 Å². The van der Waals surface area contributed by atoms with Gasteiger partial charge in [-0.25, -0.2) is 4.39 Å². The van der Waals surface area contributed by atoms with Gasteiger partial charge < -0.3 is 19.9 Å². The molecule has 0 heterocycles. The van der Waals surface area contributed by atoms with Gasteiger partial charge in [-0.05, 0) is 26.5 Å². The van der Waals surface area contributed by atoms with Crippen molar-refractivity contribution in [1.29, 1.82) is 0 Å². The predicted octanol–water partition coefficient (Wildman–Crippen LogP) is 1.71. The van der Waals surface area contributed by atoms with Gasteiger partial charge >= 0.3 is 0 Å². The highest BCUT2D eigenvalue weighted by molar-refractivity contribution is 5.56. The molecule has 0 radical (unpaired) electrons. The number of nitrogens with one attached hydrogen (secondary N) is 1.